The summed E-state index contributed by atoms with van der Waals surface area (Å²) in [5.74, 6) is -2.06. The Kier molecular flexibility index (Phi) is 7.10. The van der Waals surface area contributed by atoms with Crippen molar-refractivity contribution >= 4 is 21.9 Å². The highest BCUT2D eigenvalue weighted by Crippen LogP contribution is 2.32. The maximum Gasteiger partial charge on any atom is 0.321 e. The monoisotopic (exact) mass is 411 g/mol. The number of amides is 1. The van der Waals surface area contributed by atoms with Crippen LogP contribution in [0.3, 0.4) is 0 Å². The summed E-state index contributed by atoms with van der Waals surface area (Å²) in [6.07, 6.45) is 3.83. The van der Waals surface area contributed by atoms with Gasteiger partial charge in [-0.1, -0.05) is 19.3 Å². The third-order valence-electron chi connectivity index (χ3n) is 4.79. The summed E-state index contributed by atoms with van der Waals surface area (Å²) in [4.78, 5) is 25.2. The van der Waals surface area contributed by atoms with Gasteiger partial charge in [-0.2, -0.15) is 9.98 Å². The summed E-state index contributed by atoms with van der Waals surface area (Å²) in [6, 6.07) is 6.29. The molecule has 0 saturated heterocycles. The molecule has 1 aromatic carbocycles. The Labute approximate surface area is 163 Å². The number of rotatable bonds is 7. The van der Waals surface area contributed by atoms with E-state index in [4.69, 9.17) is 4.74 Å². The smallest absolute Gasteiger partial charge is 0.321 e. The van der Waals surface area contributed by atoms with Crippen LogP contribution in [-0.2, 0) is 24.3 Å². The third kappa shape index (κ3) is 5.27. The van der Waals surface area contributed by atoms with Gasteiger partial charge in [0.25, 0.3) is 5.91 Å². The van der Waals surface area contributed by atoms with Gasteiger partial charge in [0.15, 0.2) is 6.61 Å². The standard InChI is InChI=1S/C18H22FN3O5S/c1-22(18(13-20)9-3-2-4-10-18)16(23)12-27-17(24)11-21-28(25,26)15-7-5-14(19)6-8-15/h5-8,21H,2-4,9-12H2,1H3. The number of nitrogens with one attached hydrogen (secondary N) is 1. The van der Waals surface area contributed by atoms with Crippen LogP contribution >= 0.6 is 0 Å². The second-order valence-corrected chi connectivity index (χ2v) is 8.36. The van der Waals surface area contributed by atoms with E-state index in [-0.39, 0.29) is 4.90 Å². The molecule has 152 valence electrons. The fourth-order valence-electron chi connectivity index (χ4n) is 3.04. The Morgan fingerprint density at radius 3 is 2.43 bits per heavy atom. The normalized spacial score (nSPS) is 16.0. The first-order chi connectivity index (χ1) is 13.2. The predicted octanol–water partition coefficient (Wildman–Crippen LogP) is 1.33. The Bertz CT molecular complexity index is 858. The molecule has 0 spiro atoms. The molecule has 1 amide bonds. The number of likely N-dealkylation sites (N-methyl/N-ethyl adjacent to an activating group) is 1. The highest BCUT2D eigenvalue weighted by molar-refractivity contribution is 7.89. The number of ether oxygens (including phenoxy) is 1. The summed E-state index contributed by atoms with van der Waals surface area (Å²) in [6.45, 7) is -1.27. The Morgan fingerprint density at radius 2 is 1.86 bits per heavy atom. The van der Waals surface area contributed by atoms with Crippen molar-refractivity contribution in [1.82, 2.24) is 9.62 Å². The van der Waals surface area contributed by atoms with Crippen molar-refractivity contribution in [2.24, 2.45) is 0 Å². The Balaban J connectivity index is 1.85. The molecular weight excluding hydrogens is 389 g/mol. The lowest BCUT2D eigenvalue weighted by Crippen LogP contribution is -2.51. The zero-order valence-corrected chi connectivity index (χ0v) is 16.3. The van der Waals surface area contributed by atoms with E-state index in [1.807, 2.05) is 4.72 Å². The first kappa shape index (κ1) is 21.8. The number of esters is 1. The number of carbonyl (C=O) groups excluding carboxylic acids is 2. The number of hydrogen-bond donors (Lipinski definition) is 1. The van der Waals surface area contributed by atoms with E-state index in [0.29, 0.717) is 12.8 Å². The lowest BCUT2D eigenvalue weighted by atomic mass is 9.81. The molecule has 10 heteroatoms. The van der Waals surface area contributed by atoms with Crippen molar-refractivity contribution in [2.45, 2.75) is 42.5 Å². The van der Waals surface area contributed by atoms with Gasteiger partial charge < -0.3 is 9.64 Å². The molecule has 0 bridgehead atoms. The van der Waals surface area contributed by atoms with Gasteiger partial charge in [-0.25, -0.2) is 12.8 Å². The van der Waals surface area contributed by atoms with E-state index in [9.17, 15) is 27.7 Å². The van der Waals surface area contributed by atoms with Crippen molar-refractivity contribution in [3.05, 3.63) is 30.1 Å². The van der Waals surface area contributed by atoms with Crippen LogP contribution in [0.5, 0.6) is 0 Å². The molecule has 0 atom stereocenters. The second-order valence-electron chi connectivity index (χ2n) is 6.60. The summed E-state index contributed by atoms with van der Waals surface area (Å²) < 4.78 is 43.8. The van der Waals surface area contributed by atoms with Gasteiger partial charge in [0.05, 0.1) is 11.0 Å². The van der Waals surface area contributed by atoms with E-state index in [0.717, 1.165) is 43.5 Å². The van der Waals surface area contributed by atoms with E-state index in [1.54, 1.807) is 0 Å². The lowest BCUT2D eigenvalue weighted by Gasteiger charge is -2.38. The molecule has 1 aliphatic carbocycles. The molecule has 0 aromatic heterocycles. The minimum absolute atomic E-state index is 0.203. The fourth-order valence-corrected chi connectivity index (χ4v) is 4.01. The Hall–Kier alpha value is -2.51. The van der Waals surface area contributed by atoms with Gasteiger partial charge in [0, 0.05) is 7.05 Å². The second kappa shape index (κ2) is 9.12. The van der Waals surface area contributed by atoms with Crippen molar-refractivity contribution in [3.63, 3.8) is 0 Å². The van der Waals surface area contributed by atoms with Crippen LogP contribution < -0.4 is 4.72 Å². The zero-order chi connectivity index (χ0) is 20.8. The van der Waals surface area contributed by atoms with Crippen LogP contribution in [0.1, 0.15) is 32.1 Å². The van der Waals surface area contributed by atoms with Gasteiger partial charge in [-0.3, -0.25) is 9.59 Å². The highest BCUT2D eigenvalue weighted by Gasteiger charge is 2.39. The van der Waals surface area contributed by atoms with Crippen LogP contribution in [0, 0.1) is 17.1 Å². The molecule has 1 saturated carbocycles. The van der Waals surface area contributed by atoms with Gasteiger partial charge in [0.1, 0.15) is 17.9 Å². The van der Waals surface area contributed by atoms with Gasteiger partial charge in [-0.15, -0.1) is 0 Å². The number of sulfonamides is 1. The number of nitrogens with zero attached hydrogens (tertiary/aromatic N) is 2. The molecule has 1 N–H and O–H groups in total. The zero-order valence-electron chi connectivity index (χ0n) is 15.5. The van der Waals surface area contributed by atoms with Crippen molar-refractivity contribution < 1.29 is 27.1 Å². The summed E-state index contributed by atoms with van der Waals surface area (Å²) >= 11 is 0. The minimum Gasteiger partial charge on any atom is -0.455 e. The van der Waals surface area contributed by atoms with E-state index in [1.165, 1.54) is 11.9 Å². The number of carbonyl (C=O) groups is 2. The Morgan fingerprint density at radius 1 is 1.25 bits per heavy atom. The molecule has 0 unspecified atom stereocenters. The summed E-state index contributed by atoms with van der Waals surface area (Å²) in [5, 5.41) is 9.49. The van der Waals surface area contributed by atoms with E-state index >= 15 is 0 Å². The van der Waals surface area contributed by atoms with Gasteiger partial charge in [-0.05, 0) is 37.1 Å². The van der Waals surface area contributed by atoms with Gasteiger partial charge >= 0.3 is 5.97 Å². The maximum absolute atomic E-state index is 12.9. The molecule has 2 rings (SSSR count). The number of hydrogen-bond acceptors (Lipinski definition) is 6. The average Bonchev–Trinajstić information content (AvgIpc) is 2.70. The van der Waals surface area contributed by atoms with Crippen LogP contribution in [-0.4, -0.2) is 50.9 Å². The van der Waals surface area contributed by atoms with E-state index < -0.39 is 46.4 Å². The van der Waals surface area contributed by atoms with Crippen molar-refractivity contribution in [1.29, 1.82) is 5.26 Å². The predicted molar refractivity (Wildman–Crippen MR) is 96.7 cm³/mol. The quantitative estimate of drug-likeness (QED) is 0.677. The van der Waals surface area contributed by atoms with E-state index in [2.05, 4.69) is 6.07 Å². The van der Waals surface area contributed by atoms with Crippen LogP contribution in [0.2, 0.25) is 0 Å². The maximum atomic E-state index is 12.9. The minimum atomic E-state index is -4.01. The molecule has 1 aromatic rings. The SMILES string of the molecule is CN(C(=O)COC(=O)CNS(=O)(=O)c1ccc(F)cc1)C1(C#N)CCCCC1. The fraction of sp³-hybridized carbons (Fsp3) is 0.500. The molecule has 0 heterocycles. The van der Waals surface area contributed by atoms with Crippen molar-refractivity contribution in [3.8, 4) is 6.07 Å². The molecule has 1 aliphatic rings. The summed E-state index contributed by atoms with van der Waals surface area (Å²) in [7, 11) is -2.51. The van der Waals surface area contributed by atoms with Crippen molar-refractivity contribution in [2.75, 3.05) is 20.2 Å². The highest BCUT2D eigenvalue weighted by atomic mass is 32.2. The molecule has 0 aliphatic heterocycles. The van der Waals surface area contributed by atoms with Crippen LogP contribution in [0.15, 0.2) is 29.2 Å². The lowest BCUT2D eigenvalue weighted by molar-refractivity contribution is -0.152. The first-order valence-corrected chi connectivity index (χ1v) is 10.3. The topological polar surface area (TPSA) is 117 Å². The largest absolute Gasteiger partial charge is 0.455 e. The summed E-state index contributed by atoms with van der Waals surface area (Å²) in [5.41, 5.74) is -0.897. The molecule has 0 radical (unpaired) electrons. The number of halogens is 1. The number of nitriles is 1. The van der Waals surface area contributed by atoms with Gasteiger partial charge in [0.2, 0.25) is 10.0 Å². The average molecular weight is 411 g/mol. The number of benzene rings is 1. The molecule has 1 fully saturated rings. The third-order valence-corrected chi connectivity index (χ3v) is 6.21. The molecule has 8 nitrogen and oxygen atoms in total. The molecule has 28 heavy (non-hydrogen) atoms. The van der Waals surface area contributed by atoms with Crippen LogP contribution in [0.25, 0.3) is 0 Å². The van der Waals surface area contributed by atoms with Crippen LogP contribution in [0.4, 0.5) is 4.39 Å². The molecular formula is C18H22FN3O5S. The first-order valence-electron chi connectivity index (χ1n) is 8.79.